The summed E-state index contributed by atoms with van der Waals surface area (Å²) in [5.41, 5.74) is 4.59. The van der Waals surface area contributed by atoms with Gasteiger partial charge in [-0.1, -0.05) is 0 Å². The van der Waals surface area contributed by atoms with Gasteiger partial charge in [0.15, 0.2) is 11.4 Å². The van der Waals surface area contributed by atoms with E-state index in [1.165, 1.54) is 6.42 Å². The van der Waals surface area contributed by atoms with Crippen molar-refractivity contribution >= 4 is 23.2 Å². The highest BCUT2D eigenvalue weighted by atomic mass is 16.3. The number of anilines is 1. The van der Waals surface area contributed by atoms with Crippen LogP contribution >= 0.6 is 0 Å². The molecular weight excluding hydrogens is 528 g/mol. The lowest BCUT2D eigenvalue weighted by molar-refractivity contribution is -0.148. The number of fused-ring (bicyclic) bond motifs is 9. The van der Waals surface area contributed by atoms with Crippen molar-refractivity contribution in [3.05, 3.63) is 45.4 Å². The SMILES string of the molecule is CN1CC2CC3CCCN3C2c2cc(O)c3c(c21)C[C@H]1C[C@H]2[C@@H](N(C)C)C(O)=C(C(N)=O)C(=O)[C@@]2(O)C(O)=C1C3=O. The van der Waals surface area contributed by atoms with Crippen molar-refractivity contribution in [2.24, 2.45) is 23.5 Å². The number of Topliss-reactive ketones (excluding diaryl/α,β-unsaturated/α-hetero) is 2. The highest BCUT2D eigenvalue weighted by molar-refractivity contribution is 6.25. The highest BCUT2D eigenvalue weighted by Crippen LogP contribution is 2.57. The van der Waals surface area contributed by atoms with E-state index in [0.29, 0.717) is 23.9 Å². The number of allylic oxidation sites excluding steroid dienone is 1. The third kappa shape index (κ3) is 3.22. The zero-order valence-electron chi connectivity index (χ0n) is 23.4. The number of nitrogens with two attached hydrogens (primary N) is 1. The zero-order chi connectivity index (χ0) is 29.3. The molecule has 3 aliphatic carbocycles. The standard InChI is InChI=1S/C30H36N4O7/c1-32(2)24-17-9-12-8-15-20(25(36)19(12)27(38)30(17,41)28(39)21(26(24)37)29(31)40)18(35)10-16-22-13(11-33(3)23(15)16)7-14-5-4-6-34(14)22/h10,12-14,17,22,24,35,37-38,41H,4-9,11H2,1-3H3,(H2,31,40)/t12-,13?,14?,17-,22?,24+,30-/m0/s1. The number of aromatic hydroxyl groups is 1. The topological polar surface area (TPSA) is 168 Å². The van der Waals surface area contributed by atoms with E-state index < -0.39 is 58.0 Å². The fraction of sp³-hybridized carbons (Fsp3) is 0.567. The molecule has 0 bridgehead atoms. The van der Waals surface area contributed by atoms with Crippen molar-refractivity contribution in [1.82, 2.24) is 9.80 Å². The third-order valence-corrected chi connectivity index (χ3v) is 10.7. The number of benzene rings is 1. The number of aliphatic hydroxyl groups excluding tert-OH is 2. The smallest absolute Gasteiger partial charge is 0.255 e. The third-order valence-electron chi connectivity index (χ3n) is 10.7. The number of aliphatic hydroxyl groups is 3. The minimum atomic E-state index is -2.63. The minimum Gasteiger partial charge on any atom is -0.510 e. The normalized spacial score (nSPS) is 36.2. The number of phenolic OH excluding ortho intramolecular Hbond substituents is 1. The first kappa shape index (κ1) is 26.5. The Hall–Kier alpha value is -3.41. The molecule has 3 unspecified atom stereocenters. The molecule has 0 spiro atoms. The molecule has 11 nitrogen and oxygen atoms in total. The van der Waals surface area contributed by atoms with Gasteiger partial charge in [-0.2, -0.15) is 0 Å². The summed E-state index contributed by atoms with van der Waals surface area (Å²) in [5, 5.41) is 45.6. The summed E-state index contributed by atoms with van der Waals surface area (Å²) in [5.74, 6) is -5.87. The molecule has 2 fully saturated rings. The van der Waals surface area contributed by atoms with E-state index in [0.717, 1.165) is 37.2 Å². The fourth-order valence-electron chi connectivity index (χ4n) is 9.29. The molecule has 6 N–H and O–H groups in total. The van der Waals surface area contributed by atoms with Gasteiger partial charge in [-0.15, -0.1) is 0 Å². The van der Waals surface area contributed by atoms with Crippen LogP contribution < -0.4 is 10.6 Å². The molecule has 0 aromatic heterocycles. The van der Waals surface area contributed by atoms with E-state index in [9.17, 15) is 34.8 Å². The van der Waals surface area contributed by atoms with E-state index in [4.69, 9.17) is 5.73 Å². The second-order valence-corrected chi connectivity index (χ2v) is 13.0. The van der Waals surface area contributed by atoms with Gasteiger partial charge in [0.05, 0.1) is 11.6 Å². The maximum Gasteiger partial charge on any atom is 0.255 e. The van der Waals surface area contributed by atoms with Gasteiger partial charge in [-0.3, -0.25) is 24.2 Å². The number of nitrogens with zero attached hydrogens (tertiary/aromatic N) is 3. The maximum absolute atomic E-state index is 14.1. The van der Waals surface area contributed by atoms with Crippen LogP contribution in [0.4, 0.5) is 5.69 Å². The molecule has 0 radical (unpaired) electrons. The van der Waals surface area contributed by atoms with Crippen molar-refractivity contribution < 1.29 is 34.8 Å². The summed E-state index contributed by atoms with van der Waals surface area (Å²) in [7, 11) is 5.26. The molecule has 11 heteroatoms. The average Bonchev–Trinajstić information content (AvgIpc) is 3.46. The summed E-state index contributed by atoms with van der Waals surface area (Å²) in [4.78, 5) is 46.1. The van der Waals surface area contributed by atoms with E-state index >= 15 is 0 Å². The number of carbonyl (C=O) groups is 3. The molecule has 6 aliphatic rings. The van der Waals surface area contributed by atoms with E-state index in [1.54, 1.807) is 25.1 Å². The summed E-state index contributed by atoms with van der Waals surface area (Å²) >= 11 is 0. The van der Waals surface area contributed by atoms with Crippen LogP contribution in [0.15, 0.2) is 28.7 Å². The van der Waals surface area contributed by atoms with Gasteiger partial charge in [-0.05, 0) is 81.8 Å². The number of hydrogen-bond acceptors (Lipinski definition) is 10. The Labute approximate surface area is 237 Å². The Balaban J connectivity index is 1.39. The predicted molar refractivity (Wildman–Crippen MR) is 148 cm³/mol. The Morgan fingerprint density at radius 2 is 1.90 bits per heavy atom. The van der Waals surface area contributed by atoms with Gasteiger partial charge in [0, 0.05) is 42.9 Å². The Morgan fingerprint density at radius 1 is 1.17 bits per heavy atom. The van der Waals surface area contributed by atoms with Gasteiger partial charge < -0.3 is 31.1 Å². The summed E-state index contributed by atoms with van der Waals surface area (Å²) in [6.45, 7) is 1.85. The highest BCUT2D eigenvalue weighted by Gasteiger charge is 2.63. The van der Waals surface area contributed by atoms with E-state index in [2.05, 4.69) is 9.80 Å². The van der Waals surface area contributed by atoms with E-state index in [-0.39, 0.29) is 29.3 Å². The van der Waals surface area contributed by atoms with Crippen LogP contribution in [0.25, 0.3) is 0 Å². The monoisotopic (exact) mass is 564 g/mol. The van der Waals surface area contributed by atoms with Crippen molar-refractivity contribution in [1.29, 1.82) is 0 Å². The number of carbonyl (C=O) groups excluding carboxylic acids is 3. The van der Waals surface area contributed by atoms with Crippen molar-refractivity contribution in [3.8, 4) is 5.75 Å². The molecule has 7 atom stereocenters. The van der Waals surface area contributed by atoms with Crippen LogP contribution in [0, 0.1) is 17.8 Å². The Bertz CT molecular complexity index is 1500. The molecular formula is C30H36N4O7. The first-order chi connectivity index (χ1) is 19.4. The van der Waals surface area contributed by atoms with Gasteiger partial charge in [0.25, 0.3) is 5.91 Å². The molecule has 41 heavy (non-hydrogen) atoms. The van der Waals surface area contributed by atoms with Crippen molar-refractivity contribution in [2.45, 2.75) is 55.8 Å². The number of amides is 1. The van der Waals surface area contributed by atoms with Crippen LogP contribution in [-0.2, 0) is 16.0 Å². The number of primary amides is 1. The lowest BCUT2D eigenvalue weighted by Gasteiger charge is -2.50. The van der Waals surface area contributed by atoms with Crippen LogP contribution in [0.2, 0.25) is 0 Å². The fourth-order valence-corrected chi connectivity index (χ4v) is 9.29. The molecule has 3 aliphatic heterocycles. The van der Waals surface area contributed by atoms with Crippen molar-refractivity contribution in [3.63, 3.8) is 0 Å². The number of hydrogen-bond donors (Lipinski definition) is 5. The molecule has 1 aromatic rings. The van der Waals surface area contributed by atoms with Crippen LogP contribution in [0.1, 0.15) is 53.2 Å². The second-order valence-electron chi connectivity index (χ2n) is 13.0. The predicted octanol–water partition coefficient (Wildman–Crippen LogP) is 1.10. The molecule has 218 valence electrons. The van der Waals surface area contributed by atoms with Crippen LogP contribution in [0.5, 0.6) is 5.75 Å². The summed E-state index contributed by atoms with van der Waals surface area (Å²) in [6.07, 6.45) is 3.82. The number of phenols is 1. The van der Waals surface area contributed by atoms with Gasteiger partial charge >= 0.3 is 0 Å². The Kier molecular flexibility index (Phi) is 5.53. The lowest BCUT2D eigenvalue weighted by atomic mass is 9.58. The number of ketones is 2. The van der Waals surface area contributed by atoms with Gasteiger partial charge in [0.1, 0.15) is 22.8 Å². The first-order valence-electron chi connectivity index (χ1n) is 14.4. The first-order valence-corrected chi connectivity index (χ1v) is 14.4. The summed E-state index contributed by atoms with van der Waals surface area (Å²) < 4.78 is 0. The summed E-state index contributed by atoms with van der Waals surface area (Å²) in [6, 6.07) is 1.39. The van der Waals surface area contributed by atoms with Gasteiger partial charge in [0.2, 0.25) is 5.78 Å². The van der Waals surface area contributed by atoms with E-state index in [1.807, 2.05) is 7.05 Å². The molecule has 1 amide bonds. The van der Waals surface area contributed by atoms with Gasteiger partial charge in [-0.25, -0.2) is 0 Å². The Morgan fingerprint density at radius 3 is 2.59 bits per heavy atom. The lowest BCUT2D eigenvalue weighted by Crippen LogP contribution is -2.63. The van der Waals surface area contributed by atoms with Crippen LogP contribution in [-0.4, -0.2) is 99.6 Å². The average molecular weight is 565 g/mol. The second kappa shape index (κ2) is 8.56. The molecule has 3 heterocycles. The zero-order valence-corrected chi connectivity index (χ0v) is 23.4. The molecule has 0 saturated carbocycles. The molecule has 1 aromatic carbocycles. The number of rotatable bonds is 2. The quantitative estimate of drug-likeness (QED) is 0.328. The molecule has 2 saturated heterocycles. The van der Waals surface area contributed by atoms with Crippen molar-refractivity contribution in [2.75, 3.05) is 39.1 Å². The maximum atomic E-state index is 14.1. The number of likely N-dealkylation sites (N-methyl/N-ethyl adjacent to an activating group) is 1. The van der Waals surface area contributed by atoms with Crippen LogP contribution in [0.3, 0.4) is 0 Å². The molecule has 7 rings (SSSR count). The largest absolute Gasteiger partial charge is 0.510 e. The minimum absolute atomic E-state index is 0.0748.